The lowest BCUT2D eigenvalue weighted by Crippen LogP contribution is -2.40. The molecule has 0 aliphatic rings. The highest BCUT2D eigenvalue weighted by atomic mass is 35.5. The van der Waals surface area contributed by atoms with Crippen LogP contribution < -0.4 is 0 Å². The van der Waals surface area contributed by atoms with Crippen molar-refractivity contribution in [3.05, 3.63) is 76.8 Å². The summed E-state index contributed by atoms with van der Waals surface area (Å²) in [6.07, 6.45) is 6.48. The Labute approximate surface area is 139 Å². The second-order valence-corrected chi connectivity index (χ2v) is 6.24. The molecule has 2 heteroatoms. The first-order valence-corrected chi connectivity index (χ1v) is 8.11. The lowest BCUT2D eigenvalue weighted by Gasteiger charge is -2.39. The van der Waals surface area contributed by atoms with Gasteiger partial charge in [0.05, 0.1) is 0 Å². The largest absolute Gasteiger partial charge is 0.299 e. The summed E-state index contributed by atoms with van der Waals surface area (Å²) in [4.78, 5) is 2.31. The second-order valence-electron chi connectivity index (χ2n) is 5.80. The van der Waals surface area contributed by atoms with E-state index >= 15 is 0 Å². The van der Waals surface area contributed by atoms with E-state index in [0.29, 0.717) is 0 Å². The average Bonchev–Trinajstić information content (AvgIpc) is 2.53. The highest BCUT2D eigenvalue weighted by Crippen LogP contribution is 2.35. The zero-order valence-electron chi connectivity index (χ0n) is 13.6. The standard InChI is InChI=1S/C20H24ClN/c1-4-20(22(2)3,18-12-14-19(21)15-13-18)16-8-11-17-9-6-5-7-10-17/h5-15H,4,16H2,1-3H3. The summed E-state index contributed by atoms with van der Waals surface area (Å²) < 4.78 is 0. The molecule has 1 nitrogen and oxygen atoms in total. The third-order valence-electron chi connectivity index (χ3n) is 4.39. The van der Waals surface area contributed by atoms with E-state index in [1.54, 1.807) is 0 Å². The first-order valence-electron chi connectivity index (χ1n) is 7.73. The number of hydrogen-bond acceptors (Lipinski definition) is 1. The molecule has 0 aromatic heterocycles. The molecule has 0 bridgehead atoms. The fourth-order valence-corrected chi connectivity index (χ4v) is 3.06. The van der Waals surface area contributed by atoms with Crippen LogP contribution in [0.2, 0.25) is 5.02 Å². The van der Waals surface area contributed by atoms with Crippen molar-refractivity contribution in [3.8, 4) is 0 Å². The van der Waals surface area contributed by atoms with Crippen molar-refractivity contribution in [2.45, 2.75) is 25.3 Å². The Kier molecular flexibility index (Phi) is 5.82. The van der Waals surface area contributed by atoms with E-state index in [2.05, 4.69) is 74.5 Å². The fourth-order valence-electron chi connectivity index (χ4n) is 2.94. The van der Waals surface area contributed by atoms with Gasteiger partial charge in [-0.15, -0.1) is 0 Å². The molecule has 0 heterocycles. The number of hydrogen-bond donors (Lipinski definition) is 0. The van der Waals surface area contributed by atoms with E-state index in [0.717, 1.165) is 17.9 Å². The summed E-state index contributed by atoms with van der Waals surface area (Å²) in [6.45, 7) is 2.24. The Morgan fingerprint density at radius 2 is 1.64 bits per heavy atom. The SMILES string of the molecule is CCC(CC=Cc1ccccc1)(c1ccc(Cl)cc1)N(C)C. The number of halogens is 1. The van der Waals surface area contributed by atoms with E-state index in [1.165, 1.54) is 11.1 Å². The smallest absolute Gasteiger partial charge is 0.0486 e. The van der Waals surface area contributed by atoms with E-state index in [-0.39, 0.29) is 5.54 Å². The van der Waals surface area contributed by atoms with E-state index in [9.17, 15) is 0 Å². The van der Waals surface area contributed by atoms with Crippen molar-refractivity contribution >= 4 is 17.7 Å². The van der Waals surface area contributed by atoms with Gasteiger partial charge in [-0.2, -0.15) is 0 Å². The Bertz CT molecular complexity index is 601. The molecule has 1 unspecified atom stereocenters. The Morgan fingerprint density at radius 3 is 2.18 bits per heavy atom. The highest BCUT2D eigenvalue weighted by molar-refractivity contribution is 6.30. The van der Waals surface area contributed by atoms with Gasteiger partial charge < -0.3 is 0 Å². The van der Waals surface area contributed by atoms with Crippen molar-refractivity contribution in [1.82, 2.24) is 4.90 Å². The molecule has 2 aromatic rings. The second kappa shape index (κ2) is 7.62. The lowest BCUT2D eigenvalue weighted by atomic mass is 9.82. The molecule has 2 aromatic carbocycles. The Morgan fingerprint density at radius 1 is 1.00 bits per heavy atom. The summed E-state index contributed by atoms with van der Waals surface area (Å²) in [6, 6.07) is 18.7. The molecule has 22 heavy (non-hydrogen) atoms. The van der Waals surface area contributed by atoms with Crippen LogP contribution in [-0.4, -0.2) is 19.0 Å². The molecule has 0 amide bonds. The quantitative estimate of drug-likeness (QED) is 0.670. The third-order valence-corrected chi connectivity index (χ3v) is 4.64. The number of rotatable bonds is 6. The van der Waals surface area contributed by atoms with Crippen LogP contribution in [0.1, 0.15) is 30.9 Å². The predicted molar refractivity (Wildman–Crippen MR) is 97.2 cm³/mol. The maximum Gasteiger partial charge on any atom is 0.0486 e. The molecule has 0 N–H and O–H groups in total. The molecule has 0 saturated carbocycles. The van der Waals surface area contributed by atoms with Crippen LogP contribution in [-0.2, 0) is 5.54 Å². The molecule has 116 valence electrons. The highest BCUT2D eigenvalue weighted by Gasteiger charge is 2.31. The van der Waals surface area contributed by atoms with Crippen LogP contribution in [0.5, 0.6) is 0 Å². The molecule has 0 fully saturated rings. The molecule has 0 radical (unpaired) electrons. The maximum atomic E-state index is 6.04. The molecule has 0 aliphatic heterocycles. The van der Waals surface area contributed by atoms with Crippen LogP contribution in [0.25, 0.3) is 6.08 Å². The van der Waals surface area contributed by atoms with Crippen LogP contribution in [0, 0.1) is 0 Å². The zero-order chi connectivity index (χ0) is 16.0. The minimum atomic E-state index is -0.00410. The lowest BCUT2D eigenvalue weighted by molar-refractivity contribution is 0.148. The van der Waals surface area contributed by atoms with Gasteiger partial charge in [0.15, 0.2) is 0 Å². The zero-order valence-corrected chi connectivity index (χ0v) is 14.3. The van der Waals surface area contributed by atoms with E-state index in [1.807, 2.05) is 18.2 Å². The first-order chi connectivity index (χ1) is 10.6. The summed E-state index contributed by atoms with van der Waals surface area (Å²) in [5.41, 5.74) is 2.54. The van der Waals surface area contributed by atoms with Crippen molar-refractivity contribution in [2.24, 2.45) is 0 Å². The third kappa shape index (κ3) is 3.79. The number of nitrogens with zero attached hydrogens (tertiary/aromatic N) is 1. The van der Waals surface area contributed by atoms with Gasteiger partial charge in [0.1, 0.15) is 0 Å². The Hall–Kier alpha value is -1.57. The normalized spacial score (nSPS) is 14.4. The van der Waals surface area contributed by atoms with Crippen LogP contribution in [0.3, 0.4) is 0 Å². The van der Waals surface area contributed by atoms with Crippen LogP contribution in [0.15, 0.2) is 60.7 Å². The first kappa shape index (κ1) is 16.8. The predicted octanol–water partition coefficient (Wildman–Crippen LogP) is 5.61. The van der Waals surface area contributed by atoms with Crippen molar-refractivity contribution < 1.29 is 0 Å². The minimum absolute atomic E-state index is 0.00410. The summed E-state index contributed by atoms with van der Waals surface area (Å²) in [5, 5.41) is 0.785. The number of benzene rings is 2. The monoisotopic (exact) mass is 313 g/mol. The molecule has 2 rings (SSSR count). The van der Waals surface area contributed by atoms with E-state index < -0.39 is 0 Å². The minimum Gasteiger partial charge on any atom is -0.299 e. The Balaban J connectivity index is 2.26. The summed E-state index contributed by atoms with van der Waals surface area (Å²) in [7, 11) is 4.29. The molecule has 0 spiro atoms. The van der Waals surface area contributed by atoms with Gasteiger partial charge in [-0.1, -0.05) is 73.1 Å². The maximum absolute atomic E-state index is 6.04. The van der Waals surface area contributed by atoms with Gasteiger partial charge in [-0.3, -0.25) is 4.90 Å². The average molecular weight is 314 g/mol. The van der Waals surface area contributed by atoms with Gasteiger partial charge >= 0.3 is 0 Å². The summed E-state index contributed by atoms with van der Waals surface area (Å²) >= 11 is 6.04. The van der Waals surface area contributed by atoms with Gasteiger partial charge in [-0.05, 0) is 50.2 Å². The van der Waals surface area contributed by atoms with Crippen LogP contribution in [0.4, 0.5) is 0 Å². The fraction of sp³-hybridized carbons (Fsp3) is 0.300. The molecular weight excluding hydrogens is 290 g/mol. The van der Waals surface area contributed by atoms with E-state index in [4.69, 9.17) is 11.6 Å². The molecule has 1 atom stereocenters. The van der Waals surface area contributed by atoms with Crippen molar-refractivity contribution in [1.29, 1.82) is 0 Å². The molecular formula is C20H24ClN. The van der Waals surface area contributed by atoms with Crippen molar-refractivity contribution in [3.63, 3.8) is 0 Å². The van der Waals surface area contributed by atoms with Gasteiger partial charge in [0, 0.05) is 10.6 Å². The van der Waals surface area contributed by atoms with Crippen LogP contribution >= 0.6 is 11.6 Å². The van der Waals surface area contributed by atoms with Gasteiger partial charge in [0.2, 0.25) is 0 Å². The van der Waals surface area contributed by atoms with Crippen molar-refractivity contribution in [2.75, 3.05) is 14.1 Å². The summed E-state index contributed by atoms with van der Waals surface area (Å²) in [5.74, 6) is 0. The van der Waals surface area contributed by atoms with Gasteiger partial charge in [0.25, 0.3) is 0 Å². The van der Waals surface area contributed by atoms with Gasteiger partial charge in [-0.25, -0.2) is 0 Å². The molecule has 0 saturated heterocycles. The molecule has 0 aliphatic carbocycles. The topological polar surface area (TPSA) is 3.24 Å².